The predicted octanol–water partition coefficient (Wildman–Crippen LogP) is 18.2. The first-order valence-corrected chi connectivity index (χ1v) is 48.0. The van der Waals surface area contributed by atoms with Gasteiger partial charge in [-0.05, 0) is 110 Å². The van der Waals surface area contributed by atoms with Gasteiger partial charge in [-0.1, -0.05) is 133 Å². The Morgan fingerprint density at radius 2 is 0.748 bits per heavy atom. The third-order valence-corrected chi connectivity index (χ3v) is 25.7. The minimum atomic E-state index is -2.07. The van der Waals surface area contributed by atoms with Gasteiger partial charge in [0.05, 0.1) is 74.8 Å². The summed E-state index contributed by atoms with van der Waals surface area (Å²) in [6, 6.07) is 24.9. The Balaban J connectivity index is 0.000000174. The van der Waals surface area contributed by atoms with Gasteiger partial charge in [0.2, 0.25) is 5.24 Å². The monoisotopic (exact) mass is 2000 g/mol. The first-order valence-electron chi connectivity index (χ1n) is 31.8. The van der Waals surface area contributed by atoms with E-state index in [0.717, 1.165) is 14.7 Å². The number of phenolic OH excluding ortho intramolecular Hbond substituents is 4. The van der Waals surface area contributed by atoms with Crippen molar-refractivity contribution >= 4 is 219 Å². The Morgan fingerprint density at radius 3 is 1.13 bits per heavy atom. The van der Waals surface area contributed by atoms with Gasteiger partial charge < -0.3 is 63.1 Å². The average molecular weight is 2010 g/mol. The number of ether oxygens (including phenoxy) is 11. The van der Waals surface area contributed by atoms with Crippen molar-refractivity contribution in [2.24, 2.45) is 35.5 Å². The average Bonchev–Trinajstić information content (AvgIpc) is 1.65. The maximum atomic E-state index is 12.3. The van der Waals surface area contributed by atoms with Crippen LogP contribution in [0.25, 0.3) is 0 Å². The molecule has 3 saturated carbocycles. The number of Topliss-reactive ketones (excluding diaryl/α,β-unsaturated/α-hetero) is 2. The van der Waals surface area contributed by atoms with E-state index >= 15 is 0 Å². The van der Waals surface area contributed by atoms with Crippen molar-refractivity contribution in [3.63, 3.8) is 0 Å². The van der Waals surface area contributed by atoms with Gasteiger partial charge in [0.25, 0.3) is 0 Å². The molecule has 7 aromatic carbocycles. The van der Waals surface area contributed by atoms with Crippen LogP contribution in [0.1, 0.15) is 50.3 Å². The van der Waals surface area contributed by atoms with Gasteiger partial charge in [-0.2, -0.15) is 0 Å². The molecule has 7 aliphatic rings. The van der Waals surface area contributed by atoms with E-state index in [9.17, 15) is 33.6 Å². The molecule has 35 heteroatoms. The third kappa shape index (κ3) is 25.4. The van der Waals surface area contributed by atoms with Crippen LogP contribution in [0.3, 0.4) is 0 Å². The van der Waals surface area contributed by atoms with Crippen molar-refractivity contribution in [2.75, 3.05) is 74.2 Å². The molecular weight excluding hydrogens is 1940 g/mol. The van der Waals surface area contributed by atoms with Crippen LogP contribution in [-0.2, 0) is 33.4 Å². The molecule has 4 N–H and O–H groups in total. The molecule has 0 unspecified atom stereocenters. The second kappa shape index (κ2) is 41.0. The van der Waals surface area contributed by atoms with Crippen LogP contribution in [0.2, 0.25) is 50.0 Å². The fourth-order valence-corrected chi connectivity index (χ4v) is 17.6. The summed E-state index contributed by atoms with van der Waals surface area (Å²) in [7, 11) is 3.95. The molecule has 0 radical (unpaired) electrons. The number of ketones is 2. The van der Waals surface area contributed by atoms with Crippen molar-refractivity contribution in [1.82, 2.24) is 0 Å². The van der Waals surface area contributed by atoms with Crippen molar-refractivity contribution in [3.05, 3.63) is 161 Å². The fraction of sp³-hybridized carbons (Fsp3) is 0.319. The Labute approximate surface area is 692 Å². The Morgan fingerprint density at radius 1 is 0.402 bits per heavy atom. The fourth-order valence-electron chi connectivity index (χ4n) is 9.92. The molecular formula is C72H66Br4Cl8O22Sn. The molecule has 0 bridgehead atoms. The van der Waals surface area contributed by atoms with Crippen molar-refractivity contribution < 1.29 is 106 Å². The molecule has 22 nitrogen and oxygen atoms in total. The van der Waals surface area contributed by atoms with Crippen LogP contribution in [0.5, 0.6) is 69.0 Å². The minimum absolute atomic E-state index is 0.111. The summed E-state index contributed by atoms with van der Waals surface area (Å²) in [5.41, 5.74) is 1.07. The molecule has 107 heavy (non-hydrogen) atoms. The molecule has 0 saturated heterocycles. The predicted molar refractivity (Wildman–Crippen MR) is 420 cm³/mol. The molecule has 0 spiro atoms. The molecule has 0 amide bonds. The number of aldehydes is 1. The number of phenols is 4. The Kier molecular flexibility index (Phi) is 33.9. The van der Waals surface area contributed by atoms with Gasteiger partial charge in [0.15, 0.2) is 63.8 Å². The quantitative estimate of drug-likeness (QED) is 0.0188. The van der Waals surface area contributed by atoms with Gasteiger partial charge in [0.1, 0.15) is 51.1 Å². The van der Waals surface area contributed by atoms with E-state index in [0.29, 0.717) is 164 Å². The molecule has 14 rings (SSSR count). The molecule has 574 valence electrons. The number of rotatable bonds is 10. The van der Waals surface area contributed by atoms with E-state index in [2.05, 4.69) is 98.8 Å². The first kappa shape index (κ1) is 88.5. The van der Waals surface area contributed by atoms with Gasteiger partial charge in [-0.15, -0.1) is 0 Å². The van der Waals surface area contributed by atoms with Crippen LogP contribution >= 0.6 is 157 Å². The molecule has 3 fully saturated rings. The molecule has 3 aliphatic carbocycles. The number of hydrogen-bond donors (Lipinski definition) is 4. The molecule has 7 aromatic rings. The number of carbonyl (C=O) groups excluding carboxylic acids is 7. The van der Waals surface area contributed by atoms with Crippen LogP contribution in [-0.4, -0.2) is 154 Å². The summed E-state index contributed by atoms with van der Waals surface area (Å²) in [6.07, 6.45) is 2.15. The zero-order valence-corrected chi connectivity index (χ0v) is 72.4. The second-order valence-electron chi connectivity index (χ2n) is 24.4. The van der Waals surface area contributed by atoms with Gasteiger partial charge in [0, 0.05) is 46.8 Å². The normalized spacial score (nSPS) is 17.9. The van der Waals surface area contributed by atoms with Gasteiger partial charge >= 0.3 is 118 Å². The van der Waals surface area contributed by atoms with E-state index in [-0.39, 0.29) is 104 Å². The summed E-state index contributed by atoms with van der Waals surface area (Å²) < 4.78 is 61.5. The third-order valence-electron chi connectivity index (χ3n) is 15.7. The number of aromatic hydroxyl groups is 4. The molecule has 4 aliphatic heterocycles. The van der Waals surface area contributed by atoms with E-state index in [1.54, 1.807) is 42.5 Å². The zero-order valence-electron chi connectivity index (χ0n) is 57.2. The molecule has 0 aromatic heterocycles. The Hall–Kier alpha value is -5.73. The van der Waals surface area contributed by atoms with Crippen LogP contribution in [0.4, 0.5) is 0 Å². The second-order valence-corrected chi connectivity index (χ2v) is 45.7. The molecule has 4 heterocycles. The van der Waals surface area contributed by atoms with Crippen molar-refractivity contribution in [3.8, 4) is 69.0 Å². The first-order chi connectivity index (χ1) is 50.6. The van der Waals surface area contributed by atoms with Crippen molar-refractivity contribution in [1.29, 1.82) is 0 Å². The van der Waals surface area contributed by atoms with Crippen LogP contribution < -0.4 is 41.5 Å². The Bertz CT molecular complexity index is 4330. The topological polar surface area (TPSA) is 302 Å². The molecule has 6 atom stereocenters. The van der Waals surface area contributed by atoms with E-state index in [4.69, 9.17) is 151 Å². The SMILES string of the molecule is COC(=O)[C@H]1C[C@@H]1C(=O)Cl.COC(=O)[C@H]1C[C@@H]1C(=O)c1cc(Cl)c2c(c1)OCCO2.COC(=O)[C@H]1C[C@@H]1C(=O)c1cc(Cl)c2c(c1)OCCO2.Clc1cc(Br)cc2c1OCCO2.O=Cc1cc(Br)cc(Cl)c1O.Oc1cc(Br)cc(Cl)c1O.Oc1ccc(Br)cc1Cl.[CH3][Sn]([CH3])([CH3])[c]1cc(Cl)c2c(c1)OCCO2. The summed E-state index contributed by atoms with van der Waals surface area (Å²) in [5, 5.41) is 38.1. The van der Waals surface area contributed by atoms with Crippen LogP contribution in [0, 0.1) is 35.5 Å². The van der Waals surface area contributed by atoms with Gasteiger partial charge in [-0.3, -0.25) is 33.6 Å². The maximum absolute atomic E-state index is 12.3. The van der Waals surface area contributed by atoms with Crippen molar-refractivity contribution in [2.45, 2.75) is 34.1 Å². The standard InChI is InChI=1S/2C14H13ClO5.C8H6BrClO2.C8H6ClO2.C7H4BrClO2.C6H4BrClO2.C6H4BrClO.C6H7ClO3.3CH3.Sn/c2*1-18-14(17)9-6-8(9)12(16)7-4-10(15)13-11(5-7)19-2-3-20-13;9-5-3-6(10)8-7(4-5)11-1-2-12-8;9-6-2-1-3-7-8(6)11-5-4-10-7;8-5-1-4(3-10)7(11)6(9)2-5;7-3-1-4(8)6(10)5(9)2-3;7-4-1-2-6(9)5(8)3-4;1-10-6(9)4-2-3(4)5(7)8;;;;/h2*4-5,8-9H,2-3,6H2,1H3;3-4H,1-2H2;2-3H,4-5H2;1-3,11H;1-2,9-10H;1-3,9H;3-4H,2H2,1H3;3*1H3;/t2*8-,9-;;;;;;3-,4-;;;;/m00.....0..../s1. The number of methoxy groups -OCH3 is 3. The number of hydrogen-bond acceptors (Lipinski definition) is 22. The summed E-state index contributed by atoms with van der Waals surface area (Å²) >= 11 is 56.7. The summed E-state index contributed by atoms with van der Waals surface area (Å²) in [4.78, 5) is 85.8. The number of esters is 3. The zero-order chi connectivity index (χ0) is 78.9. The number of fused-ring (bicyclic) bond motifs is 4. The van der Waals surface area contributed by atoms with E-state index < -0.39 is 23.6 Å². The van der Waals surface area contributed by atoms with E-state index in [1.807, 2.05) is 12.1 Å². The summed E-state index contributed by atoms with van der Waals surface area (Å²) in [6.45, 7) is 4.08. The van der Waals surface area contributed by atoms with Gasteiger partial charge in [-0.25, -0.2) is 0 Å². The summed E-state index contributed by atoms with van der Waals surface area (Å²) in [5.74, 6) is 1.09. The number of carbonyl (C=O) groups is 7. The number of benzene rings is 7. The van der Waals surface area contributed by atoms with Crippen LogP contribution in [0.15, 0.2) is 109 Å². The van der Waals surface area contributed by atoms with E-state index in [1.165, 1.54) is 55.2 Å². The number of halogens is 12.